The molecule has 2 fully saturated rings. The number of benzene rings is 1. The Bertz CT molecular complexity index is 519. The Morgan fingerprint density at radius 3 is 3.00 bits per heavy atom. The highest BCUT2D eigenvalue weighted by molar-refractivity contribution is 6.30. The molecule has 3 nitrogen and oxygen atoms in total. The normalized spacial score (nSPS) is 29.6. The lowest BCUT2D eigenvalue weighted by molar-refractivity contribution is -0.135. The molecule has 0 aliphatic carbocycles. The van der Waals surface area contributed by atoms with E-state index in [-0.39, 0.29) is 18.0 Å². The molecule has 1 N–H and O–H groups in total. The number of hydrogen-bond donors (Lipinski definition) is 1. The molecule has 21 heavy (non-hydrogen) atoms. The maximum absolute atomic E-state index is 12.8. The minimum atomic E-state index is -0.00599. The molecule has 2 heterocycles. The summed E-state index contributed by atoms with van der Waals surface area (Å²) in [5.74, 6) is 0.899. The van der Waals surface area contributed by atoms with Crippen LogP contribution in [0.5, 0.6) is 0 Å². The van der Waals surface area contributed by atoms with E-state index in [9.17, 15) is 4.79 Å². The first-order valence-corrected chi connectivity index (χ1v) is 8.32. The molecule has 2 saturated heterocycles. The molecule has 0 aromatic heterocycles. The number of carbonyl (C=O) groups is 1. The van der Waals surface area contributed by atoms with E-state index in [0.717, 1.165) is 42.9 Å². The molecule has 3 atom stereocenters. The average Bonchev–Trinajstić information content (AvgIpc) is 2.96. The number of halogens is 1. The van der Waals surface area contributed by atoms with Crippen LogP contribution in [0.2, 0.25) is 5.02 Å². The van der Waals surface area contributed by atoms with Crippen molar-refractivity contribution in [1.82, 2.24) is 10.2 Å². The number of rotatable bonds is 2. The van der Waals surface area contributed by atoms with Crippen LogP contribution < -0.4 is 5.32 Å². The van der Waals surface area contributed by atoms with Gasteiger partial charge in [0.1, 0.15) is 0 Å². The number of likely N-dealkylation sites (tertiary alicyclic amines) is 1. The number of piperidine rings is 1. The van der Waals surface area contributed by atoms with Gasteiger partial charge in [0.2, 0.25) is 5.91 Å². The van der Waals surface area contributed by atoms with Crippen LogP contribution >= 0.6 is 11.6 Å². The van der Waals surface area contributed by atoms with Gasteiger partial charge in [-0.05, 0) is 55.8 Å². The van der Waals surface area contributed by atoms with Gasteiger partial charge in [-0.25, -0.2) is 0 Å². The standard InChI is InChI=1S/C17H23ClN2O/c1-12-7-8-19-15(10-12)17(21)20-9-3-6-16(20)13-4-2-5-14(18)11-13/h2,4-5,11-12,15-16,19H,3,6-10H2,1H3. The highest BCUT2D eigenvalue weighted by Crippen LogP contribution is 2.34. The van der Waals surface area contributed by atoms with Crippen LogP contribution in [0.4, 0.5) is 0 Å². The molecule has 2 aliphatic rings. The van der Waals surface area contributed by atoms with Crippen molar-refractivity contribution >= 4 is 17.5 Å². The molecule has 1 aromatic carbocycles. The summed E-state index contributed by atoms with van der Waals surface area (Å²) in [6.07, 6.45) is 4.23. The second kappa shape index (κ2) is 6.37. The summed E-state index contributed by atoms with van der Waals surface area (Å²) in [4.78, 5) is 14.9. The molecule has 2 aliphatic heterocycles. The Balaban J connectivity index is 1.75. The van der Waals surface area contributed by atoms with Gasteiger partial charge in [-0.15, -0.1) is 0 Å². The minimum absolute atomic E-state index is 0.00599. The topological polar surface area (TPSA) is 32.3 Å². The SMILES string of the molecule is CC1CCNC(C(=O)N2CCCC2c2cccc(Cl)c2)C1. The lowest BCUT2D eigenvalue weighted by Gasteiger charge is -2.33. The van der Waals surface area contributed by atoms with Crippen molar-refractivity contribution in [1.29, 1.82) is 0 Å². The van der Waals surface area contributed by atoms with Gasteiger partial charge in [-0.3, -0.25) is 4.79 Å². The first-order valence-electron chi connectivity index (χ1n) is 7.94. The monoisotopic (exact) mass is 306 g/mol. The average molecular weight is 307 g/mol. The van der Waals surface area contributed by atoms with Gasteiger partial charge in [-0.1, -0.05) is 30.7 Å². The molecule has 4 heteroatoms. The molecular formula is C17H23ClN2O. The van der Waals surface area contributed by atoms with Gasteiger partial charge < -0.3 is 10.2 Å². The second-order valence-corrected chi connectivity index (χ2v) is 6.82. The lowest BCUT2D eigenvalue weighted by Crippen LogP contribution is -2.49. The third kappa shape index (κ3) is 3.24. The van der Waals surface area contributed by atoms with E-state index >= 15 is 0 Å². The van der Waals surface area contributed by atoms with Crippen LogP contribution in [-0.4, -0.2) is 29.9 Å². The molecular weight excluding hydrogens is 284 g/mol. The van der Waals surface area contributed by atoms with Crippen LogP contribution in [0, 0.1) is 5.92 Å². The quantitative estimate of drug-likeness (QED) is 0.908. The summed E-state index contributed by atoms with van der Waals surface area (Å²) in [5.41, 5.74) is 1.16. The van der Waals surface area contributed by atoms with Gasteiger partial charge in [0.05, 0.1) is 12.1 Å². The van der Waals surface area contributed by atoms with Crippen LogP contribution in [0.3, 0.4) is 0 Å². The van der Waals surface area contributed by atoms with Gasteiger partial charge in [0.25, 0.3) is 0 Å². The van der Waals surface area contributed by atoms with Gasteiger partial charge >= 0.3 is 0 Å². The molecule has 3 unspecified atom stereocenters. The lowest BCUT2D eigenvalue weighted by atomic mass is 9.93. The van der Waals surface area contributed by atoms with Crippen LogP contribution in [-0.2, 0) is 4.79 Å². The molecule has 0 saturated carbocycles. The van der Waals surface area contributed by atoms with Gasteiger partial charge in [-0.2, -0.15) is 0 Å². The molecule has 0 bridgehead atoms. The van der Waals surface area contributed by atoms with E-state index in [1.165, 1.54) is 6.42 Å². The van der Waals surface area contributed by atoms with Crippen molar-refractivity contribution in [2.75, 3.05) is 13.1 Å². The smallest absolute Gasteiger partial charge is 0.240 e. The summed E-state index contributed by atoms with van der Waals surface area (Å²) in [6, 6.07) is 8.12. The first kappa shape index (κ1) is 14.9. The predicted molar refractivity (Wildman–Crippen MR) is 85.3 cm³/mol. The Hall–Kier alpha value is -1.06. The zero-order chi connectivity index (χ0) is 14.8. The maximum atomic E-state index is 12.8. The Morgan fingerprint density at radius 2 is 2.24 bits per heavy atom. The van der Waals surface area contributed by atoms with Crippen LogP contribution in [0.25, 0.3) is 0 Å². The maximum Gasteiger partial charge on any atom is 0.240 e. The Kier molecular flexibility index (Phi) is 4.51. The fraction of sp³-hybridized carbons (Fsp3) is 0.588. The number of amides is 1. The van der Waals surface area contributed by atoms with E-state index < -0.39 is 0 Å². The zero-order valence-corrected chi connectivity index (χ0v) is 13.3. The molecule has 3 rings (SSSR count). The minimum Gasteiger partial charge on any atom is -0.334 e. The van der Waals surface area contributed by atoms with Gasteiger partial charge in [0, 0.05) is 11.6 Å². The van der Waals surface area contributed by atoms with Crippen LogP contribution in [0.15, 0.2) is 24.3 Å². The molecule has 0 radical (unpaired) electrons. The number of carbonyl (C=O) groups excluding carboxylic acids is 1. The third-order valence-electron chi connectivity index (χ3n) is 4.73. The Morgan fingerprint density at radius 1 is 1.38 bits per heavy atom. The predicted octanol–water partition coefficient (Wildman–Crippen LogP) is 3.39. The van der Waals surface area contributed by atoms with E-state index in [0.29, 0.717) is 5.92 Å². The summed E-state index contributed by atoms with van der Waals surface area (Å²) in [7, 11) is 0. The summed E-state index contributed by atoms with van der Waals surface area (Å²) in [5, 5.41) is 4.14. The highest BCUT2D eigenvalue weighted by atomic mass is 35.5. The number of nitrogens with one attached hydrogen (secondary N) is 1. The Labute approximate surface area is 131 Å². The van der Waals surface area contributed by atoms with Gasteiger partial charge in [0.15, 0.2) is 0 Å². The fourth-order valence-electron chi connectivity index (χ4n) is 3.59. The largest absolute Gasteiger partial charge is 0.334 e. The van der Waals surface area contributed by atoms with E-state index in [1.54, 1.807) is 0 Å². The van der Waals surface area contributed by atoms with E-state index in [2.05, 4.69) is 23.2 Å². The summed E-state index contributed by atoms with van der Waals surface area (Å²) in [6.45, 7) is 4.05. The molecule has 0 spiro atoms. The fourth-order valence-corrected chi connectivity index (χ4v) is 3.79. The van der Waals surface area contributed by atoms with E-state index in [4.69, 9.17) is 11.6 Å². The van der Waals surface area contributed by atoms with Crippen LogP contribution in [0.1, 0.15) is 44.2 Å². The summed E-state index contributed by atoms with van der Waals surface area (Å²) >= 11 is 6.10. The van der Waals surface area contributed by atoms with Crippen molar-refractivity contribution in [3.63, 3.8) is 0 Å². The molecule has 1 amide bonds. The van der Waals surface area contributed by atoms with Crippen molar-refractivity contribution in [3.05, 3.63) is 34.9 Å². The zero-order valence-electron chi connectivity index (χ0n) is 12.5. The van der Waals surface area contributed by atoms with Crippen molar-refractivity contribution < 1.29 is 4.79 Å². The van der Waals surface area contributed by atoms with Crippen molar-refractivity contribution in [2.24, 2.45) is 5.92 Å². The first-order chi connectivity index (χ1) is 10.1. The number of hydrogen-bond acceptors (Lipinski definition) is 2. The van der Waals surface area contributed by atoms with E-state index in [1.807, 2.05) is 18.2 Å². The molecule has 114 valence electrons. The molecule has 1 aromatic rings. The number of nitrogens with zero attached hydrogens (tertiary/aromatic N) is 1. The van der Waals surface area contributed by atoms with Crippen molar-refractivity contribution in [3.8, 4) is 0 Å². The summed E-state index contributed by atoms with van der Waals surface area (Å²) < 4.78 is 0. The van der Waals surface area contributed by atoms with Crippen molar-refractivity contribution in [2.45, 2.75) is 44.7 Å². The third-order valence-corrected chi connectivity index (χ3v) is 4.97. The second-order valence-electron chi connectivity index (χ2n) is 6.38. The highest BCUT2D eigenvalue weighted by Gasteiger charge is 2.35.